The minimum atomic E-state index is -0.205. The first kappa shape index (κ1) is 15.0. The molecule has 0 radical (unpaired) electrons. The molecule has 1 aliphatic heterocycles. The Morgan fingerprint density at radius 2 is 2.25 bits per heavy atom. The molecule has 110 valence electrons. The van der Waals surface area contributed by atoms with Crippen molar-refractivity contribution in [3.8, 4) is 0 Å². The standard InChI is InChI=1S/C16H23FN2O/c1-11-9-14(7-8-18-11)16(20)19-12(2)10-13-5-3-4-6-15(13)17/h3-6,11-12,14,18H,7-10H2,1-2H3,(H,19,20)/t11-,12?,14-/m0/s1. The number of benzene rings is 1. The highest BCUT2D eigenvalue weighted by Crippen LogP contribution is 2.17. The third-order valence-corrected chi connectivity index (χ3v) is 3.87. The SMILES string of the molecule is CC(Cc1ccccc1F)NC(=O)[C@H]1CCN[C@@H](C)C1. The van der Waals surface area contributed by atoms with Crippen molar-refractivity contribution < 1.29 is 9.18 Å². The fraction of sp³-hybridized carbons (Fsp3) is 0.562. The van der Waals surface area contributed by atoms with Crippen LogP contribution in [0.4, 0.5) is 4.39 Å². The number of nitrogens with one attached hydrogen (secondary N) is 2. The first-order valence-electron chi connectivity index (χ1n) is 7.33. The van der Waals surface area contributed by atoms with Crippen LogP contribution < -0.4 is 10.6 Å². The van der Waals surface area contributed by atoms with Crippen molar-refractivity contribution in [3.05, 3.63) is 35.6 Å². The van der Waals surface area contributed by atoms with Gasteiger partial charge in [0.1, 0.15) is 5.82 Å². The first-order chi connectivity index (χ1) is 9.56. The Kier molecular flexibility index (Phi) is 5.12. The molecule has 1 saturated heterocycles. The molecule has 0 bridgehead atoms. The number of carbonyl (C=O) groups excluding carboxylic acids is 1. The number of carbonyl (C=O) groups is 1. The van der Waals surface area contributed by atoms with Gasteiger partial charge >= 0.3 is 0 Å². The highest BCUT2D eigenvalue weighted by Gasteiger charge is 2.25. The van der Waals surface area contributed by atoms with Gasteiger partial charge in [-0.1, -0.05) is 18.2 Å². The molecule has 3 nitrogen and oxygen atoms in total. The van der Waals surface area contributed by atoms with Gasteiger partial charge in [0.05, 0.1) is 0 Å². The zero-order valence-corrected chi connectivity index (χ0v) is 12.2. The summed E-state index contributed by atoms with van der Waals surface area (Å²) in [6, 6.07) is 7.06. The predicted octanol–water partition coefficient (Wildman–Crippen LogP) is 2.26. The Morgan fingerprint density at radius 3 is 2.95 bits per heavy atom. The van der Waals surface area contributed by atoms with Crippen molar-refractivity contribution in [1.82, 2.24) is 10.6 Å². The minimum Gasteiger partial charge on any atom is -0.353 e. The maximum atomic E-state index is 13.6. The molecule has 1 aliphatic rings. The summed E-state index contributed by atoms with van der Waals surface area (Å²) in [5.41, 5.74) is 0.652. The molecule has 1 unspecified atom stereocenters. The third kappa shape index (κ3) is 4.04. The van der Waals surface area contributed by atoms with E-state index in [0.717, 1.165) is 19.4 Å². The molecule has 2 N–H and O–H groups in total. The van der Waals surface area contributed by atoms with E-state index in [1.54, 1.807) is 12.1 Å². The van der Waals surface area contributed by atoms with Crippen molar-refractivity contribution in [2.45, 2.75) is 45.2 Å². The molecule has 0 aliphatic carbocycles. The first-order valence-corrected chi connectivity index (χ1v) is 7.33. The topological polar surface area (TPSA) is 41.1 Å². The van der Waals surface area contributed by atoms with Gasteiger partial charge in [-0.25, -0.2) is 4.39 Å². The number of rotatable bonds is 4. The monoisotopic (exact) mass is 278 g/mol. The van der Waals surface area contributed by atoms with Gasteiger partial charge in [-0.05, 0) is 51.3 Å². The Hall–Kier alpha value is -1.42. The average molecular weight is 278 g/mol. The fourth-order valence-electron chi connectivity index (χ4n) is 2.78. The maximum Gasteiger partial charge on any atom is 0.223 e. The third-order valence-electron chi connectivity index (χ3n) is 3.87. The molecule has 20 heavy (non-hydrogen) atoms. The summed E-state index contributed by atoms with van der Waals surface area (Å²) in [6.45, 7) is 4.91. The molecule has 0 spiro atoms. The summed E-state index contributed by atoms with van der Waals surface area (Å²) in [4.78, 5) is 12.2. The van der Waals surface area contributed by atoms with Crippen LogP contribution in [-0.4, -0.2) is 24.5 Å². The Morgan fingerprint density at radius 1 is 1.50 bits per heavy atom. The van der Waals surface area contributed by atoms with Crippen LogP contribution in [-0.2, 0) is 11.2 Å². The van der Waals surface area contributed by atoms with Crippen molar-refractivity contribution >= 4 is 5.91 Å². The molecule has 1 heterocycles. The molecular weight excluding hydrogens is 255 g/mol. The molecule has 1 aromatic rings. The van der Waals surface area contributed by atoms with Crippen LogP contribution in [0.25, 0.3) is 0 Å². The summed E-state index contributed by atoms with van der Waals surface area (Å²) in [5.74, 6) is -0.0272. The minimum absolute atomic E-state index is 0.0513. The molecule has 4 heteroatoms. The number of hydrogen-bond donors (Lipinski definition) is 2. The van der Waals surface area contributed by atoms with E-state index in [2.05, 4.69) is 17.6 Å². The zero-order valence-electron chi connectivity index (χ0n) is 12.2. The van der Waals surface area contributed by atoms with Gasteiger partial charge in [-0.3, -0.25) is 4.79 Å². The van der Waals surface area contributed by atoms with Gasteiger partial charge < -0.3 is 10.6 Å². The van der Waals surface area contributed by atoms with E-state index >= 15 is 0 Å². The number of piperidine rings is 1. The Bertz CT molecular complexity index is 464. The lowest BCUT2D eigenvalue weighted by atomic mass is 9.92. The van der Waals surface area contributed by atoms with E-state index in [-0.39, 0.29) is 23.7 Å². The average Bonchev–Trinajstić information content (AvgIpc) is 2.41. The number of halogens is 1. The molecule has 3 atom stereocenters. The van der Waals surface area contributed by atoms with E-state index in [4.69, 9.17) is 0 Å². The van der Waals surface area contributed by atoms with Crippen LogP contribution in [0.3, 0.4) is 0 Å². The quantitative estimate of drug-likeness (QED) is 0.887. The fourth-order valence-corrected chi connectivity index (χ4v) is 2.78. The maximum absolute atomic E-state index is 13.6. The summed E-state index contributed by atoms with van der Waals surface area (Å²) >= 11 is 0. The second-order valence-corrected chi connectivity index (χ2v) is 5.78. The smallest absolute Gasteiger partial charge is 0.223 e. The molecule has 1 amide bonds. The molecule has 1 aromatic carbocycles. The van der Waals surface area contributed by atoms with Crippen LogP contribution in [0.1, 0.15) is 32.3 Å². The number of amides is 1. The highest BCUT2D eigenvalue weighted by atomic mass is 19.1. The highest BCUT2D eigenvalue weighted by molar-refractivity contribution is 5.79. The molecule has 0 saturated carbocycles. The van der Waals surface area contributed by atoms with Gasteiger partial charge in [0.2, 0.25) is 5.91 Å². The van der Waals surface area contributed by atoms with Gasteiger partial charge in [-0.2, -0.15) is 0 Å². The van der Waals surface area contributed by atoms with E-state index in [0.29, 0.717) is 18.0 Å². The van der Waals surface area contributed by atoms with E-state index in [1.165, 1.54) is 6.07 Å². The van der Waals surface area contributed by atoms with Gasteiger partial charge in [0.15, 0.2) is 0 Å². The van der Waals surface area contributed by atoms with Crippen LogP contribution >= 0.6 is 0 Å². The lowest BCUT2D eigenvalue weighted by Gasteiger charge is -2.28. The van der Waals surface area contributed by atoms with Gasteiger partial charge in [0.25, 0.3) is 0 Å². The van der Waals surface area contributed by atoms with E-state index < -0.39 is 0 Å². The second-order valence-electron chi connectivity index (χ2n) is 5.78. The largest absolute Gasteiger partial charge is 0.353 e. The molecule has 2 rings (SSSR count). The van der Waals surface area contributed by atoms with E-state index in [9.17, 15) is 9.18 Å². The summed E-state index contributed by atoms with van der Waals surface area (Å²) in [5, 5.41) is 6.35. The van der Waals surface area contributed by atoms with Crippen LogP contribution in [0.2, 0.25) is 0 Å². The van der Waals surface area contributed by atoms with Crippen molar-refractivity contribution in [1.29, 1.82) is 0 Å². The van der Waals surface area contributed by atoms with Crippen LogP contribution in [0.15, 0.2) is 24.3 Å². The summed E-state index contributed by atoms with van der Waals surface area (Å²) in [7, 11) is 0. The van der Waals surface area contributed by atoms with Crippen LogP contribution in [0, 0.1) is 11.7 Å². The molecular formula is C16H23FN2O. The molecule has 1 fully saturated rings. The van der Waals surface area contributed by atoms with E-state index in [1.807, 2.05) is 13.0 Å². The lowest BCUT2D eigenvalue weighted by molar-refractivity contribution is -0.126. The van der Waals surface area contributed by atoms with Crippen molar-refractivity contribution in [2.24, 2.45) is 5.92 Å². The second kappa shape index (κ2) is 6.84. The lowest BCUT2D eigenvalue weighted by Crippen LogP contribution is -2.45. The summed E-state index contributed by atoms with van der Waals surface area (Å²) in [6.07, 6.45) is 2.28. The molecule has 0 aromatic heterocycles. The van der Waals surface area contributed by atoms with Gasteiger partial charge in [0, 0.05) is 18.0 Å². The Labute approximate surface area is 120 Å². The summed E-state index contributed by atoms with van der Waals surface area (Å²) < 4.78 is 13.6. The van der Waals surface area contributed by atoms with Crippen molar-refractivity contribution in [2.75, 3.05) is 6.54 Å². The number of hydrogen-bond acceptors (Lipinski definition) is 2. The predicted molar refractivity (Wildman–Crippen MR) is 77.9 cm³/mol. The Balaban J connectivity index is 1.86. The van der Waals surface area contributed by atoms with Gasteiger partial charge in [-0.15, -0.1) is 0 Å². The normalized spacial score (nSPS) is 24.1. The van der Waals surface area contributed by atoms with Crippen molar-refractivity contribution in [3.63, 3.8) is 0 Å². The zero-order chi connectivity index (χ0) is 14.5. The van der Waals surface area contributed by atoms with Crippen LogP contribution in [0.5, 0.6) is 0 Å².